The highest BCUT2D eigenvalue weighted by Gasteiger charge is 2.23. The molecule has 0 spiro atoms. The van der Waals surface area contributed by atoms with E-state index in [0.29, 0.717) is 18.9 Å². The van der Waals surface area contributed by atoms with E-state index in [2.05, 4.69) is 64.4 Å². The van der Waals surface area contributed by atoms with Crippen LogP contribution in [0.3, 0.4) is 0 Å². The summed E-state index contributed by atoms with van der Waals surface area (Å²) in [6.07, 6.45) is 3.65. The number of ether oxygens (including phenoxy) is 1. The Kier molecular flexibility index (Phi) is 6.19. The van der Waals surface area contributed by atoms with Crippen LogP contribution in [0, 0.1) is 12.8 Å². The molecule has 2 aromatic heterocycles. The fraction of sp³-hybridized carbons (Fsp3) is 0.320. The standard InChI is InChI=1S/C25H26BrN5O/c1-18-7-5-6-10-21(18)13-23-28-25(31(29-23)16-20-11-12-32-17-20)22-14-27-30(24(22)26)15-19-8-3-2-4-9-19/h2-10,14,20H,11-13,15-17H2,1H3. The SMILES string of the molecule is Cc1ccccc1Cc1nc(-c2cnn(Cc3ccccc3)c2Br)n(CC2CCOC2)n1. The third-order valence-corrected chi connectivity index (χ3v) is 6.81. The van der Waals surface area contributed by atoms with Crippen molar-refractivity contribution in [2.24, 2.45) is 5.92 Å². The minimum absolute atomic E-state index is 0.458. The first-order chi connectivity index (χ1) is 15.7. The summed E-state index contributed by atoms with van der Waals surface area (Å²) in [5.74, 6) is 2.14. The molecule has 1 aliphatic rings. The first kappa shape index (κ1) is 21.1. The Balaban J connectivity index is 1.47. The van der Waals surface area contributed by atoms with E-state index in [0.717, 1.165) is 48.0 Å². The largest absolute Gasteiger partial charge is 0.381 e. The summed E-state index contributed by atoms with van der Waals surface area (Å²) >= 11 is 3.77. The lowest BCUT2D eigenvalue weighted by Crippen LogP contribution is -2.13. The quantitative estimate of drug-likeness (QED) is 0.369. The molecule has 0 saturated carbocycles. The Morgan fingerprint density at radius 3 is 2.66 bits per heavy atom. The fourth-order valence-electron chi connectivity index (χ4n) is 4.13. The van der Waals surface area contributed by atoms with Crippen molar-refractivity contribution in [3.63, 3.8) is 0 Å². The van der Waals surface area contributed by atoms with E-state index < -0.39 is 0 Å². The predicted octanol–water partition coefficient (Wildman–Crippen LogP) is 4.89. The molecular formula is C25H26BrN5O. The first-order valence-electron chi connectivity index (χ1n) is 11.0. The minimum Gasteiger partial charge on any atom is -0.381 e. The van der Waals surface area contributed by atoms with Crippen LogP contribution in [-0.2, 0) is 24.2 Å². The highest BCUT2D eigenvalue weighted by Crippen LogP contribution is 2.29. The van der Waals surface area contributed by atoms with Crippen molar-refractivity contribution in [2.45, 2.75) is 32.9 Å². The number of nitrogens with zero attached hydrogens (tertiary/aromatic N) is 5. The van der Waals surface area contributed by atoms with Gasteiger partial charge in [0, 0.05) is 25.5 Å². The smallest absolute Gasteiger partial charge is 0.162 e. The summed E-state index contributed by atoms with van der Waals surface area (Å²) in [6.45, 7) is 5.23. The van der Waals surface area contributed by atoms with Crippen LogP contribution in [0.25, 0.3) is 11.4 Å². The summed E-state index contributed by atoms with van der Waals surface area (Å²) in [5, 5.41) is 9.54. The lowest BCUT2D eigenvalue weighted by atomic mass is 10.1. The van der Waals surface area contributed by atoms with Crippen LogP contribution in [0.15, 0.2) is 65.4 Å². The van der Waals surface area contributed by atoms with Gasteiger partial charge in [0.15, 0.2) is 11.6 Å². The molecule has 0 aliphatic carbocycles. The Morgan fingerprint density at radius 2 is 1.88 bits per heavy atom. The maximum absolute atomic E-state index is 5.60. The van der Waals surface area contributed by atoms with Gasteiger partial charge < -0.3 is 4.74 Å². The zero-order valence-electron chi connectivity index (χ0n) is 18.1. The number of aryl methyl sites for hydroxylation is 1. The zero-order valence-corrected chi connectivity index (χ0v) is 19.7. The van der Waals surface area contributed by atoms with Crippen LogP contribution in [-0.4, -0.2) is 37.8 Å². The lowest BCUT2D eigenvalue weighted by molar-refractivity contribution is 0.181. The summed E-state index contributed by atoms with van der Waals surface area (Å²) in [7, 11) is 0. The Bertz CT molecular complexity index is 1190. The van der Waals surface area contributed by atoms with Gasteiger partial charge in [0.1, 0.15) is 4.60 Å². The molecule has 164 valence electrons. The van der Waals surface area contributed by atoms with Gasteiger partial charge >= 0.3 is 0 Å². The van der Waals surface area contributed by atoms with Gasteiger partial charge in [0.05, 0.1) is 24.9 Å². The lowest BCUT2D eigenvalue weighted by Gasteiger charge is -2.10. The molecule has 6 nitrogen and oxygen atoms in total. The molecule has 1 unspecified atom stereocenters. The van der Waals surface area contributed by atoms with E-state index >= 15 is 0 Å². The van der Waals surface area contributed by atoms with Crippen LogP contribution in [0.5, 0.6) is 0 Å². The second-order valence-corrected chi connectivity index (χ2v) is 9.11. The van der Waals surface area contributed by atoms with E-state index in [9.17, 15) is 0 Å². The van der Waals surface area contributed by atoms with Gasteiger partial charge in [-0.25, -0.2) is 9.67 Å². The van der Waals surface area contributed by atoms with Crippen molar-refractivity contribution in [3.05, 3.63) is 87.9 Å². The van der Waals surface area contributed by atoms with Crippen molar-refractivity contribution in [1.82, 2.24) is 24.5 Å². The van der Waals surface area contributed by atoms with E-state index in [1.165, 1.54) is 16.7 Å². The second-order valence-electron chi connectivity index (χ2n) is 8.36. The van der Waals surface area contributed by atoms with Crippen LogP contribution >= 0.6 is 15.9 Å². The Morgan fingerprint density at radius 1 is 1.06 bits per heavy atom. The van der Waals surface area contributed by atoms with Gasteiger partial charge in [-0.1, -0.05) is 54.6 Å². The normalized spacial score (nSPS) is 16.0. The number of halogens is 1. The van der Waals surface area contributed by atoms with E-state index in [4.69, 9.17) is 14.8 Å². The third-order valence-electron chi connectivity index (χ3n) is 5.97. The van der Waals surface area contributed by atoms with Crippen molar-refractivity contribution < 1.29 is 4.74 Å². The average Bonchev–Trinajstić information content (AvgIpc) is 3.53. The van der Waals surface area contributed by atoms with Gasteiger partial charge in [-0.15, -0.1) is 0 Å². The summed E-state index contributed by atoms with van der Waals surface area (Å²) in [4.78, 5) is 4.97. The molecule has 1 atom stereocenters. The highest BCUT2D eigenvalue weighted by molar-refractivity contribution is 9.10. The molecule has 0 radical (unpaired) electrons. The Hall–Kier alpha value is -2.77. The molecule has 2 aromatic carbocycles. The molecule has 1 saturated heterocycles. The molecule has 0 N–H and O–H groups in total. The van der Waals surface area contributed by atoms with Gasteiger partial charge in [-0.05, 0) is 46.0 Å². The molecule has 1 fully saturated rings. The summed E-state index contributed by atoms with van der Waals surface area (Å²) in [5.41, 5.74) is 4.67. The van der Waals surface area contributed by atoms with Crippen molar-refractivity contribution >= 4 is 15.9 Å². The summed E-state index contributed by atoms with van der Waals surface area (Å²) < 4.78 is 10.5. The summed E-state index contributed by atoms with van der Waals surface area (Å²) in [6, 6.07) is 18.7. The number of rotatable bonds is 7. The molecule has 3 heterocycles. The van der Waals surface area contributed by atoms with Crippen molar-refractivity contribution in [3.8, 4) is 11.4 Å². The molecule has 0 bridgehead atoms. The molecular weight excluding hydrogens is 466 g/mol. The Labute approximate surface area is 196 Å². The molecule has 1 aliphatic heterocycles. The molecule has 5 rings (SSSR count). The van der Waals surface area contributed by atoms with Crippen LogP contribution < -0.4 is 0 Å². The highest BCUT2D eigenvalue weighted by atomic mass is 79.9. The molecule has 4 aromatic rings. The number of hydrogen-bond acceptors (Lipinski definition) is 4. The van der Waals surface area contributed by atoms with Gasteiger partial charge in [-0.2, -0.15) is 10.2 Å². The first-order valence-corrected chi connectivity index (χ1v) is 11.8. The fourth-order valence-corrected chi connectivity index (χ4v) is 4.62. The van der Waals surface area contributed by atoms with Gasteiger partial charge in [-0.3, -0.25) is 4.68 Å². The van der Waals surface area contributed by atoms with Gasteiger partial charge in [0.2, 0.25) is 0 Å². The zero-order chi connectivity index (χ0) is 21.9. The maximum Gasteiger partial charge on any atom is 0.162 e. The average molecular weight is 492 g/mol. The molecule has 7 heteroatoms. The third kappa shape index (κ3) is 4.54. The monoisotopic (exact) mass is 491 g/mol. The van der Waals surface area contributed by atoms with Crippen molar-refractivity contribution in [2.75, 3.05) is 13.2 Å². The van der Waals surface area contributed by atoms with Gasteiger partial charge in [0.25, 0.3) is 0 Å². The van der Waals surface area contributed by atoms with E-state index in [-0.39, 0.29) is 0 Å². The van der Waals surface area contributed by atoms with Crippen LogP contribution in [0.2, 0.25) is 0 Å². The number of benzene rings is 2. The van der Waals surface area contributed by atoms with Crippen LogP contribution in [0.4, 0.5) is 0 Å². The van der Waals surface area contributed by atoms with Crippen LogP contribution in [0.1, 0.15) is 28.9 Å². The number of hydrogen-bond donors (Lipinski definition) is 0. The maximum atomic E-state index is 5.60. The van der Waals surface area contributed by atoms with Crippen molar-refractivity contribution in [1.29, 1.82) is 0 Å². The predicted molar refractivity (Wildman–Crippen MR) is 127 cm³/mol. The molecule has 0 amide bonds. The second kappa shape index (κ2) is 9.38. The van der Waals surface area contributed by atoms with E-state index in [1.54, 1.807) is 0 Å². The number of aromatic nitrogens is 5. The minimum atomic E-state index is 0.458. The topological polar surface area (TPSA) is 57.8 Å². The molecule has 32 heavy (non-hydrogen) atoms. The van der Waals surface area contributed by atoms with E-state index in [1.807, 2.05) is 33.8 Å².